The van der Waals surface area contributed by atoms with E-state index in [9.17, 15) is 0 Å². The highest BCUT2D eigenvalue weighted by atomic mass is 16.5. The van der Waals surface area contributed by atoms with Gasteiger partial charge in [0, 0.05) is 6.21 Å². The van der Waals surface area contributed by atoms with Crippen molar-refractivity contribution in [2.75, 3.05) is 7.11 Å². The molecule has 16 heavy (non-hydrogen) atoms. The minimum absolute atomic E-state index is 0.787. The highest BCUT2D eigenvalue weighted by molar-refractivity contribution is 5.82. The summed E-state index contributed by atoms with van der Waals surface area (Å²) >= 11 is 0. The Morgan fingerprint density at radius 1 is 0.938 bits per heavy atom. The van der Waals surface area contributed by atoms with Crippen molar-refractivity contribution in [3.63, 3.8) is 0 Å². The van der Waals surface area contributed by atoms with Gasteiger partial charge < -0.3 is 4.74 Å². The summed E-state index contributed by atoms with van der Waals surface area (Å²) < 4.78 is 5.22. The first-order chi connectivity index (χ1) is 7.90. The Labute approximate surface area is 95.2 Å². The van der Waals surface area contributed by atoms with E-state index in [4.69, 9.17) is 4.74 Å². The monoisotopic (exact) mass is 211 g/mol. The van der Waals surface area contributed by atoms with Gasteiger partial charge in [0.15, 0.2) is 0 Å². The van der Waals surface area contributed by atoms with Crippen LogP contribution >= 0.6 is 0 Å². The standard InChI is InChI=1S/C14H13NO/c1-16-14-10-6-5-9-13(14)15-11-12-7-3-2-4-8-12/h2-11H,1H3. The second-order valence-corrected chi connectivity index (χ2v) is 3.34. The summed E-state index contributed by atoms with van der Waals surface area (Å²) in [6, 6.07) is 17.7. The SMILES string of the molecule is COc1ccccc1N=Cc1ccccc1. The molecule has 0 unspecified atom stereocenters. The first-order valence-electron chi connectivity index (χ1n) is 5.12. The molecule has 0 atom stereocenters. The maximum absolute atomic E-state index is 5.22. The number of ether oxygens (including phenoxy) is 1. The summed E-state index contributed by atoms with van der Waals surface area (Å²) in [6.45, 7) is 0. The van der Waals surface area contributed by atoms with Gasteiger partial charge in [0.1, 0.15) is 11.4 Å². The Bertz CT molecular complexity index is 477. The van der Waals surface area contributed by atoms with Crippen molar-refractivity contribution in [3.8, 4) is 5.75 Å². The molecule has 0 fully saturated rings. The van der Waals surface area contributed by atoms with E-state index in [-0.39, 0.29) is 0 Å². The number of aliphatic imine (C=N–C) groups is 1. The maximum Gasteiger partial charge on any atom is 0.144 e. The molecule has 0 bridgehead atoms. The second kappa shape index (κ2) is 5.12. The third kappa shape index (κ3) is 2.48. The minimum atomic E-state index is 0.787. The fraction of sp³-hybridized carbons (Fsp3) is 0.0714. The Morgan fingerprint density at radius 3 is 2.38 bits per heavy atom. The first kappa shape index (κ1) is 10.4. The largest absolute Gasteiger partial charge is 0.494 e. The van der Waals surface area contributed by atoms with E-state index in [1.807, 2.05) is 60.8 Å². The summed E-state index contributed by atoms with van der Waals surface area (Å²) in [5.41, 5.74) is 1.92. The average Bonchev–Trinajstić information content (AvgIpc) is 2.38. The maximum atomic E-state index is 5.22. The number of hydrogen-bond donors (Lipinski definition) is 0. The lowest BCUT2D eigenvalue weighted by atomic mass is 10.2. The molecule has 0 aliphatic carbocycles. The van der Waals surface area contributed by atoms with E-state index >= 15 is 0 Å². The van der Waals surface area contributed by atoms with Crippen molar-refractivity contribution in [1.82, 2.24) is 0 Å². The number of hydrogen-bond acceptors (Lipinski definition) is 2. The van der Waals surface area contributed by atoms with Gasteiger partial charge in [-0.3, -0.25) is 4.99 Å². The predicted molar refractivity (Wildman–Crippen MR) is 66.7 cm³/mol. The number of benzene rings is 2. The molecule has 2 aromatic rings. The number of methoxy groups -OCH3 is 1. The van der Waals surface area contributed by atoms with Crippen molar-refractivity contribution in [2.24, 2.45) is 4.99 Å². The molecule has 0 aliphatic heterocycles. The molecule has 0 heterocycles. The molecular formula is C14H13NO. The number of rotatable bonds is 3. The first-order valence-corrected chi connectivity index (χ1v) is 5.12. The summed E-state index contributed by atoms with van der Waals surface area (Å²) in [6.07, 6.45) is 1.83. The van der Waals surface area contributed by atoms with Crippen LogP contribution in [-0.2, 0) is 0 Å². The van der Waals surface area contributed by atoms with Gasteiger partial charge in [-0.05, 0) is 17.7 Å². The molecule has 80 valence electrons. The third-order valence-corrected chi connectivity index (χ3v) is 2.24. The minimum Gasteiger partial charge on any atom is -0.494 e. The van der Waals surface area contributed by atoms with Crippen molar-refractivity contribution < 1.29 is 4.74 Å². The van der Waals surface area contributed by atoms with Crippen LogP contribution in [0.1, 0.15) is 5.56 Å². The van der Waals surface area contributed by atoms with Crippen LogP contribution in [0.5, 0.6) is 5.75 Å². The van der Waals surface area contributed by atoms with Gasteiger partial charge in [0.05, 0.1) is 7.11 Å². The fourth-order valence-corrected chi connectivity index (χ4v) is 1.42. The van der Waals surface area contributed by atoms with Crippen LogP contribution in [0.15, 0.2) is 59.6 Å². The van der Waals surface area contributed by atoms with Crippen LogP contribution in [0.4, 0.5) is 5.69 Å². The zero-order valence-corrected chi connectivity index (χ0v) is 9.13. The van der Waals surface area contributed by atoms with Gasteiger partial charge in [-0.2, -0.15) is 0 Å². The summed E-state index contributed by atoms with van der Waals surface area (Å²) in [7, 11) is 1.65. The Balaban J connectivity index is 2.24. The van der Waals surface area contributed by atoms with E-state index in [0.29, 0.717) is 0 Å². The van der Waals surface area contributed by atoms with Crippen molar-refractivity contribution in [3.05, 3.63) is 60.2 Å². The van der Waals surface area contributed by atoms with Crippen molar-refractivity contribution in [1.29, 1.82) is 0 Å². The van der Waals surface area contributed by atoms with E-state index in [1.54, 1.807) is 7.11 Å². The lowest BCUT2D eigenvalue weighted by Crippen LogP contribution is -1.83. The third-order valence-electron chi connectivity index (χ3n) is 2.24. The Hall–Kier alpha value is -2.09. The highest BCUT2D eigenvalue weighted by Crippen LogP contribution is 2.25. The van der Waals surface area contributed by atoms with Crippen molar-refractivity contribution in [2.45, 2.75) is 0 Å². The molecule has 0 N–H and O–H groups in total. The molecule has 0 aliphatic rings. The second-order valence-electron chi connectivity index (χ2n) is 3.34. The molecule has 0 saturated carbocycles. The summed E-state index contributed by atoms with van der Waals surface area (Å²) in [5, 5.41) is 0. The van der Waals surface area contributed by atoms with Crippen LogP contribution in [0, 0.1) is 0 Å². The van der Waals surface area contributed by atoms with Gasteiger partial charge in [-0.1, -0.05) is 42.5 Å². The molecule has 2 aromatic carbocycles. The van der Waals surface area contributed by atoms with Crippen molar-refractivity contribution >= 4 is 11.9 Å². The lowest BCUT2D eigenvalue weighted by molar-refractivity contribution is 0.416. The zero-order chi connectivity index (χ0) is 11.2. The van der Waals surface area contributed by atoms with Crippen LogP contribution in [0.3, 0.4) is 0 Å². The summed E-state index contributed by atoms with van der Waals surface area (Å²) in [4.78, 5) is 4.40. The van der Waals surface area contributed by atoms with E-state index < -0.39 is 0 Å². The molecule has 0 radical (unpaired) electrons. The quantitative estimate of drug-likeness (QED) is 0.712. The molecule has 2 nitrogen and oxygen atoms in total. The van der Waals surface area contributed by atoms with Gasteiger partial charge in [-0.25, -0.2) is 0 Å². The predicted octanol–water partition coefficient (Wildman–Crippen LogP) is 3.45. The van der Waals surface area contributed by atoms with E-state index in [1.165, 1.54) is 0 Å². The Morgan fingerprint density at radius 2 is 1.62 bits per heavy atom. The van der Waals surface area contributed by atoms with E-state index in [2.05, 4.69) is 4.99 Å². The van der Waals surface area contributed by atoms with Crippen LogP contribution < -0.4 is 4.74 Å². The van der Waals surface area contributed by atoms with Gasteiger partial charge in [0.2, 0.25) is 0 Å². The zero-order valence-electron chi connectivity index (χ0n) is 9.13. The normalized spacial score (nSPS) is 10.6. The van der Waals surface area contributed by atoms with Gasteiger partial charge >= 0.3 is 0 Å². The van der Waals surface area contributed by atoms with Gasteiger partial charge in [0.25, 0.3) is 0 Å². The topological polar surface area (TPSA) is 21.6 Å². The van der Waals surface area contributed by atoms with E-state index in [0.717, 1.165) is 17.0 Å². The highest BCUT2D eigenvalue weighted by Gasteiger charge is 1.97. The molecule has 0 aromatic heterocycles. The Kier molecular flexibility index (Phi) is 3.34. The summed E-state index contributed by atoms with van der Waals surface area (Å²) in [5.74, 6) is 0.787. The molecule has 2 rings (SSSR count). The molecule has 0 spiro atoms. The molecule has 0 saturated heterocycles. The van der Waals surface area contributed by atoms with Crippen LogP contribution in [0.25, 0.3) is 0 Å². The molecular weight excluding hydrogens is 198 g/mol. The molecule has 0 amide bonds. The van der Waals surface area contributed by atoms with Gasteiger partial charge in [-0.15, -0.1) is 0 Å². The average molecular weight is 211 g/mol. The van der Waals surface area contributed by atoms with Crippen LogP contribution in [0.2, 0.25) is 0 Å². The lowest BCUT2D eigenvalue weighted by Gasteiger charge is -2.02. The van der Waals surface area contributed by atoms with Crippen LogP contribution in [-0.4, -0.2) is 13.3 Å². The number of para-hydroxylation sites is 2. The smallest absolute Gasteiger partial charge is 0.144 e. The fourth-order valence-electron chi connectivity index (χ4n) is 1.42. The molecule has 2 heteroatoms. The number of nitrogens with zero attached hydrogens (tertiary/aromatic N) is 1.